The number of likely N-dealkylation sites (tertiary alicyclic amines) is 1. The third-order valence-corrected chi connectivity index (χ3v) is 3.58. The van der Waals surface area contributed by atoms with Gasteiger partial charge in [0, 0.05) is 30.9 Å². The van der Waals surface area contributed by atoms with E-state index in [2.05, 4.69) is 15.0 Å². The lowest BCUT2D eigenvalue weighted by atomic mass is 10.3. The molecule has 0 aliphatic carbocycles. The Morgan fingerprint density at radius 2 is 2.09 bits per heavy atom. The van der Waals surface area contributed by atoms with Gasteiger partial charge in [0.15, 0.2) is 0 Å². The molecule has 1 unspecified atom stereocenters. The van der Waals surface area contributed by atoms with E-state index in [9.17, 15) is 4.79 Å². The van der Waals surface area contributed by atoms with Gasteiger partial charge in [-0.1, -0.05) is 6.07 Å². The Hall–Kier alpha value is -2.50. The van der Waals surface area contributed by atoms with Crippen molar-refractivity contribution < 1.29 is 9.53 Å². The minimum absolute atomic E-state index is 0.0309. The summed E-state index contributed by atoms with van der Waals surface area (Å²) in [6.45, 7) is 4.97. The minimum atomic E-state index is -0.101. The second kappa shape index (κ2) is 6.09. The second-order valence-electron chi connectivity index (χ2n) is 5.44. The summed E-state index contributed by atoms with van der Waals surface area (Å²) in [6, 6.07) is 5.67. The van der Waals surface area contributed by atoms with Crippen LogP contribution < -0.4 is 4.74 Å². The summed E-state index contributed by atoms with van der Waals surface area (Å²) < 4.78 is 5.85. The number of pyridine rings is 1. The van der Waals surface area contributed by atoms with E-state index < -0.39 is 0 Å². The van der Waals surface area contributed by atoms with E-state index in [1.54, 1.807) is 11.1 Å². The van der Waals surface area contributed by atoms with E-state index in [-0.39, 0.29) is 12.0 Å². The number of aryl methyl sites for hydroxylation is 2. The number of ether oxygens (including phenoxy) is 1. The van der Waals surface area contributed by atoms with Crippen molar-refractivity contribution in [2.75, 3.05) is 13.1 Å². The summed E-state index contributed by atoms with van der Waals surface area (Å²) in [4.78, 5) is 26.7. The molecule has 1 aliphatic rings. The first-order chi connectivity index (χ1) is 10.6. The molecule has 1 fully saturated rings. The summed E-state index contributed by atoms with van der Waals surface area (Å²) in [5.41, 5.74) is 2.09. The van der Waals surface area contributed by atoms with E-state index in [4.69, 9.17) is 4.74 Å². The number of nitrogens with zero attached hydrogens (tertiary/aromatic N) is 4. The Morgan fingerprint density at radius 1 is 1.23 bits per heavy atom. The molecule has 2 aromatic rings. The summed E-state index contributed by atoms with van der Waals surface area (Å²) in [6.07, 6.45) is 3.89. The van der Waals surface area contributed by atoms with Crippen LogP contribution in [0.25, 0.3) is 0 Å². The molecule has 6 nitrogen and oxygen atoms in total. The first-order valence-electron chi connectivity index (χ1n) is 7.30. The van der Waals surface area contributed by atoms with Gasteiger partial charge in [-0.2, -0.15) is 0 Å². The average Bonchev–Trinajstić information content (AvgIpc) is 2.96. The smallest absolute Gasteiger partial charge is 0.274 e. The van der Waals surface area contributed by atoms with E-state index in [0.29, 0.717) is 24.7 Å². The first-order valence-corrected chi connectivity index (χ1v) is 7.30. The number of carbonyl (C=O) groups is 1. The Balaban J connectivity index is 1.62. The highest BCUT2D eigenvalue weighted by molar-refractivity contribution is 5.92. The lowest BCUT2D eigenvalue weighted by Gasteiger charge is -2.16. The normalized spacial score (nSPS) is 17.5. The molecule has 0 aromatic carbocycles. The molecule has 1 aliphatic heterocycles. The van der Waals surface area contributed by atoms with E-state index in [1.807, 2.05) is 32.0 Å². The van der Waals surface area contributed by atoms with Crippen LogP contribution in [-0.2, 0) is 0 Å². The monoisotopic (exact) mass is 298 g/mol. The van der Waals surface area contributed by atoms with Crippen LogP contribution in [0.2, 0.25) is 0 Å². The molecule has 114 valence electrons. The third kappa shape index (κ3) is 3.21. The topological polar surface area (TPSA) is 68.2 Å². The van der Waals surface area contributed by atoms with Gasteiger partial charge in [0.05, 0.1) is 18.4 Å². The standard InChI is InChI=1S/C16H18N4O2/c1-11-4-3-5-15(19-11)22-13-6-7-20(10-13)16(21)14-9-17-12(2)8-18-14/h3-5,8-9,13H,6-7,10H2,1-2H3. The van der Waals surface area contributed by atoms with Crippen LogP contribution in [0.4, 0.5) is 0 Å². The van der Waals surface area contributed by atoms with Crippen LogP contribution in [0, 0.1) is 13.8 Å². The Morgan fingerprint density at radius 3 is 2.82 bits per heavy atom. The highest BCUT2D eigenvalue weighted by Crippen LogP contribution is 2.18. The number of amides is 1. The number of hydrogen-bond acceptors (Lipinski definition) is 5. The van der Waals surface area contributed by atoms with Gasteiger partial charge in [-0.05, 0) is 19.9 Å². The van der Waals surface area contributed by atoms with Gasteiger partial charge in [-0.3, -0.25) is 9.78 Å². The Bertz CT molecular complexity index is 672. The van der Waals surface area contributed by atoms with Crippen molar-refractivity contribution in [3.63, 3.8) is 0 Å². The van der Waals surface area contributed by atoms with E-state index >= 15 is 0 Å². The minimum Gasteiger partial charge on any atom is -0.472 e. The lowest BCUT2D eigenvalue weighted by molar-refractivity contribution is 0.0765. The predicted octanol–water partition coefficient (Wildman–Crippen LogP) is 1.78. The van der Waals surface area contributed by atoms with Crippen molar-refractivity contribution in [1.29, 1.82) is 0 Å². The zero-order chi connectivity index (χ0) is 15.5. The molecular weight excluding hydrogens is 280 g/mol. The molecule has 0 saturated carbocycles. The maximum Gasteiger partial charge on any atom is 0.274 e. The van der Waals surface area contributed by atoms with Gasteiger partial charge < -0.3 is 9.64 Å². The molecule has 3 rings (SSSR count). The highest BCUT2D eigenvalue weighted by atomic mass is 16.5. The predicted molar refractivity (Wildman–Crippen MR) is 80.7 cm³/mol. The average molecular weight is 298 g/mol. The van der Waals surface area contributed by atoms with Gasteiger partial charge >= 0.3 is 0 Å². The van der Waals surface area contributed by atoms with Crippen molar-refractivity contribution in [2.45, 2.75) is 26.4 Å². The largest absolute Gasteiger partial charge is 0.472 e. The van der Waals surface area contributed by atoms with Crippen LogP contribution in [-0.4, -0.2) is 45.0 Å². The number of aromatic nitrogens is 3. The van der Waals surface area contributed by atoms with Crippen LogP contribution in [0.5, 0.6) is 5.88 Å². The van der Waals surface area contributed by atoms with Crippen LogP contribution in [0.3, 0.4) is 0 Å². The van der Waals surface area contributed by atoms with Gasteiger partial charge in [0.25, 0.3) is 5.91 Å². The molecule has 0 spiro atoms. The van der Waals surface area contributed by atoms with E-state index in [1.165, 1.54) is 6.20 Å². The first kappa shape index (κ1) is 14.4. The fourth-order valence-electron chi connectivity index (χ4n) is 2.43. The molecule has 22 heavy (non-hydrogen) atoms. The summed E-state index contributed by atoms with van der Waals surface area (Å²) in [5, 5.41) is 0. The molecule has 0 bridgehead atoms. The zero-order valence-electron chi connectivity index (χ0n) is 12.7. The van der Waals surface area contributed by atoms with Crippen LogP contribution >= 0.6 is 0 Å². The molecule has 1 amide bonds. The second-order valence-corrected chi connectivity index (χ2v) is 5.44. The summed E-state index contributed by atoms with van der Waals surface area (Å²) in [7, 11) is 0. The Labute approximate surface area is 129 Å². The molecule has 0 radical (unpaired) electrons. The fourth-order valence-corrected chi connectivity index (χ4v) is 2.43. The van der Waals surface area contributed by atoms with Crippen molar-refractivity contribution in [3.8, 4) is 5.88 Å². The molecule has 1 atom stereocenters. The molecule has 0 N–H and O–H groups in total. The van der Waals surface area contributed by atoms with Gasteiger partial charge in [-0.25, -0.2) is 9.97 Å². The maximum atomic E-state index is 12.4. The molecule has 1 saturated heterocycles. The third-order valence-electron chi connectivity index (χ3n) is 3.58. The molecule has 3 heterocycles. The Kier molecular flexibility index (Phi) is 4.00. The molecule has 2 aromatic heterocycles. The summed E-state index contributed by atoms with van der Waals surface area (Å²) >= 11 is 0. The SMILES string of the molecule is Cc1cnc(C(=O)N2CCC(Oc3cccc(C)n3)C2)cn1. The number of rotatable bonds is 3. The molecular formula is C16H18N4O2. The molecule has 6 heteroatoms. The zero-order valence-corrected chi connectivity index (χ0v) is 12.7. The van der Waals surface area contributed by atoms with Crippen LogP contribution in [0.1, 0.15) is 28.3 Å². The van der Waals surface area contributed by atoms with Gasteiger partial charge in [0.2, 0.25) is 5.88 Å². The van der Waals surface area contributed by atoms with Crippen LogP contribution in [0.15, 0.2) is 30.6 Å². The lowest BCUT2D eigenvalue weighted by Crippen LogP contribution is -2.31. The highest BCUT2D eigenvalue weighted by Gasteiger charge is 2.29. The quantitative estimate of drug-likeness (QED) is 0.864. The van der Waals surface area contributed by atoms with Crippen molar-refractivity contribution >= 4 is 5.91 Å². The number of hydrogen-bond donors (Lipinski definition) is 0. The van der Waals surface area contributed by atoms with Crippen molar-refractivity contribution in [2.24, 2.45) is 0 Å². The van der Waals surface area contributed by atoms with Crippen molar-refractivity contribution in [3.05, 3.63) is 47.7 Å². The van der Waals surface area contributed by atoms with E-state index in [0.717, 1.165) is 17.8 Å². The number of carbonyl (C=O) groups excluding carboxylic acids is 1. The van der Waals surface area contributed by atoms with Gasteiger partial charge in [0.1, 0.15) is 11.8 Å². The fraction of sp³-hybridized carbons (Fsp3) is 0.375. The van der Waals surface area contributed by atoms with Gasteiger partial charge in [-0.15, -0.1) is 0 Å². The van der Waals surface area contributed by atoms with Crippen molar-refractivity contribution in [1.82, 2.24) is 19.9 Å². The maximum absolute atomic E-state index is 12.4. The summed E-state index contributed by atoms with van der Waals surface area (Å²) in [5.74, 6) is 0.505.